The summed E-state index contributed by atoms with van der Waals surface area (Å²) in [6, 6.07) is 55.7. The quantitative estimate of drug-likeness (QED) is 0.133. The van der Waals surface area contributed by atoms with Gasteiger partial charge in [0.25, 0.3) is 0 Å². The van der Waals surface area contributed by atoms with Crippen LogP contribution in [0.15, 0.2) is 170 Å². The van der Waals surface area contributed by atoms with Gasteiger partial charge < -0.3 is 10.2 Å². The molecule has 8 rings (SSSR count). The van der Waals surface area contributed by atoms with Gasteiger partial charge in [-0.15, -0.1) is 22.7 Å². The number of carboxylic acid groups (broad SMARTS) is 2. The van der Waals surface area contributed by atoms with E-state index in [4.69, 9.17) is 33.4 Å². The molecule has 0 fully saturated rings. The third kappa shape index (κ3) is 12.4. The summed E-state index contributed by atoms with van der Waals surface area (Å²) in [5.41, 5.74) is 5.14. The molecule has 57 heavy (non-hydrogen) atoms. The molecule has 6 nitrogen and oxygen atoms in total. The first-order chi connectivity index (χ1) is 27.7. The molecule has 0 saturated heterocycles. The third-order valence-corrected chi connectivity index (χ3v) is 14.4. The fraction of sp³-hybridized carbons (Fsp3) is 0.0435. The summed E-state index contributed by atoms with van der Waals surface area (Å²) >= 11 is 14.1. The molecule has 2 heterocycles. The van der Waals surface area contributed by atoms with Crippen LogP contribution < -0.4 is 7.16 Å². The van der Waals surface area contributed by atoms with Gasteiger partial charge in [0.15, 0.2) is 0 Å². The van der Waals surface area contributed by atoms with E-state index in [0.717, 1.165) is 42.0 Å². The molecular formula is C46H34Cl2N2O4S2Sn. The van der Waals surface area contributed by atoms with E-state index < -0.39 is 33.1 Å². The fourth-order valence-corrected chi connectivity index (χ4v) is 10.9. The summed E-state index contributed by atoms with van der Waals surface area (Å²) in [5.74, 6) is -1.73. The zero-order valence-corrected chi connectivity index (χ0v) is 36.3. The molecule has 0 bridgehead atoms. The number of aromatic nitrogens is 2. The number of aliphatic carboxylic acids is 2. The van der Waals surface area contributed by atoms with Gasteiger partial charge >= 0.3 is 101 Å². The molecule has 2 aromatic heterocycles. The average Bonchev–Trinajstić information content (AvgIpc) is 3.84. The number of benzene rings is 6. The average molecular weight is 933 g/mol. The van der Waals surface area contributed by atoms with Gasteiger partial charge in [-0.25, -0.2) is 9.97 Å². The normalized spacial score (nSPS) is 10.4. The third-order valence-electron chi connectivity index (χ3n) is 8.13. The van der Waals surface area contributed by atoms with Gasteiger partial charge in [0.2, 0.25) is 0 Å². The van der Waals surface area contributed by atoms with E-state index >= 15 is 0 Å². The second-order valence-electron chi connectivity index (χ2n) is 12.3. The Hall–Kier alpha value is -5.10. The molecule has 11 heteroatoms. The van der Waals surface area contributed by atoms with Gasteiger partial charge in [-0.2, -0.15) is 0 Å². The number of nitrogens with zero attached hydrogens (tertiary/aromatic N) is 2. The van der Waals surface area contributed by atoms with Gasteiger partial charge in [0, 0.05) is 42.1 Å². The molecule has 0 spiro atoms. The predicted molar refractivity (Wildman–Crippen MR) is 237 cm³/mol. The Kier molecular flexibility index (Phi) is 15.2. The molecule has 0 aliphatic carbocycles. The Morgan fingerprint density at radius 2 is 0.772 bits per heavy atom. The van der Waals surface area contributed by atoms with Crippen molar-refractivity contribution < 1.29 is 19.8 Å². The van der Waals surface area contributed by atoms with Crippen molar-refractivity contribution in [1.82, 2.24) is 9.97 Å². The van der Waals surface area contributed by atoms with Gasteiger partial charge in [-0.05, 0) is 24.3 Å². The first kappa shape index (κ1) is 41.5. The number of hydrogen-bond acceptors (Lipinski definition) is 6. The van der Waals surface area contributed by atoms with Gasteiger partial charge in [0.1, 0.15) is 10.0 Å². The van der Waals surface area contributed by atoms with Crippen LogP contribution in [0, 0.1) is 0 Å². The minimum atomic E-state index is -0.863. The number of rotatable bonds is 10. The number of carboxylic acids is 2. The van der Waals surface area contributed by atoms with Crippen molar-refractivity contribution in [2.45, 2.75) is 12.8 Å². The Morgan fingerprint density at radius 1 is 0.456 bits per heavy atom. The Bertz CT molecular complexity index is 2320. The van der Waals surface area contributed by atoms with E-state index in [2.05, 4.69) is 70.6 Å². The van der Waals surface area contributed by atoms with Gasteiger partial charge in [-0.3, -0.25) is 9.59 Å². The van der Waals surface area contributed by atoms with Crippen LogP contribution in [-0.2, 0) is 22.4 Å². The molecule has 2 radical (unpaired) electrons. The Morgan fingerprint density at radius 3 is 1.09 bits per heavy atom. The van der Waals surface area contributed by atoms with Crippen LogP contribution in [-0.4, -0.2) is 53.3 Å². The number of thiazole rings is 2. The van der Waals surface area contributed by atoms with Crippen molar-refractivity contribution in [2.24, 2.45) is 0 Å². The van der Waals surface area contributed by atoms with Crippen molar-refractivity contribution in [2.75, 3.05) is 0 Å². The molecule has 0 saturated carbocycles. The van der Waals surface area contributed by atoms with E-state index in [1.807, 2.05) is 84.9 Å². The molecule has 0 unspecified atom stereocenters. The first-order valence-electron chi connectivity index (χ1n) is 17.6. The number of halogens is 2. The second-order valence-corrected chi connectivity index (χ2v) is 19.4. The van der Waals surface area contributed by atoms with Crippen LogP contribution in [0.3, 0.4) is 0 Å². The summed E-state index contributed by atoms with van der Waals surface area (Å²) in [6.45, 7) is 0. The summed E-state index contributed by atoms with van der Waals surface area (Å²) < 4.78 is 3.08. The Balaban J connectivity index is 0.000000150. The first-order valence-corrected chi connectivity index (χ1v) is 22.9. The second kappa shape index (κ2) is 20.9. The Labute approximate surface area is 359 Å². The molecule has 0 amide bonds. The monoisotopic (exact) mass is 932 g/mol. The minimum absolute atomic E-state index is 0.0392. The van der Waals surface area contributed by atoms with Gasteiger partial charge in [-0.1, -0.05) is 108 Å². The van der Waals surface area contributed by atoms with Gasteiger partial charge in [0.05, 0.1) is 24.2 Å². The standard InChI is InChI=1S/2C17H12ClNO2S.2C6H5.Sn/c2*18-13-8-6-11(7-9-13)16-14(10-15(20)21)22-17(19-16)12-4-2-1-3-5-12;2*1-2-4-6-5-3-1;/h2*1-9H,10H2,(H,20,21);2*1-5H;. The summed E-state index contributed by atoms with van der Waals surface area (Å²) in [5, 5.41) is 21.2. The van der Waals surface area contributed by atoms with E-state index in [9.17, 15) is 9.59 Å². The van der Waals surface area contributed by atoms with Crippen molar-refractivity contribution in [3.63, 3.8) is 0 Å². The van der Waals surface area contributed by atoms with Crippen LogP contribution in [0.5, 0.6) is 0 Å². The van der Waals surface area contributed by atoms with Crippen molar-refractivity contribution in [1.29, 1.82) is 0 Å². The molecule has 0 aliphatic rings. The molecule has 6 aromatic carbocycles. The van der Waals surface area contributed by atoms with Crippen LogP contribution >= 0.6 is 45.9 Å². The van der Waals surface area contributed by atoms with Crippen molar-refractivity contribution >= 4 is 86.1 Å². The molecule has 0 atom stereocenters. The molecular weight excluding hydrogens is 898 g/mol. The van der Waals surface area contributed by atoms with Crippen LogP contribution in [0.1, 0.15) is 9.75 Å². The number of hydrogen-bond donors (Lipinski definition) is 2. The van der Waals surface area contributed by atoms with E-state index in [-0.39, 0.29) is 12.8 Å². The maximum atomic E-state index is 11.1. The molecule has 8 aromatic rings. The topological polar surface area (TPSA) is 100 Å². The summed E-state index contributed by atoms with van der Waals surface area (Å²) in [7, 11) is 0. The van der Waals surface area contributed by atoms with E-state index in [0.29, 0.717) is 21.4 Å². The van der Waals surface area contributed by atoms with Crippen LogP contribution in [0.4, 0.5) is 0 Å². The molecule has 0 aliphatic heterocycles. The number of carbonyl (C=O) groups is 2. The fourth-order valence-electron chi connectivity index (χ4n) is 5.50. The zero-order valence-electron chi connectivity index (χ0n) is 30.3. The molecule has 282 valence electrons. The zero-order chi connectivity index (χ0) is 40.0. The predicted octanol–water partition coefficient (Wildman–Crippen LogP) is 10.9. The van der Waals surface area contributed by atoms with Crippen molar-refractivity contribution in [3.8, 4) is 43.7 Å². The van der Waals surface area contributed by atoms with Crippen molar-refractivity contribution in [3.05, 3.63) is 190 Å². The van der Waals surface area contributed by atoms with Crippen LogP contribution in [0.25, 0.3) is 43.7 Å². The summed E-state index contributed by atoms with van der Waals surface area (Å²) in [4.78, 5) is 33.0. The van der Waals surface area contributed by atoms with E-state index in [1.54, 1.807) is 24.3 Å². The SMILES string of the molecule is O=C(O)Cc1sc(-c2ccccc2)nc1-c1ccc(Cl)cc1.O=C(O)Cc1sc(-c2ccccc2)nc1-c1ccc(Cl)cc1.c1cc[c]([Sn][c]2ccccc2)cc1. The molecule has 2 N–H and O–H groups in total. The van der Waals surface area contributed by atoms with E-state index in [1.165, 1.54) is 29.8 Å². The van der Waals surface area contributed by atoms with Crippen LogP contribution in [0.2, 0.25) is 10.0 Å². The maximum absolute atomic E-state index is 11.1. The summed E-state index contributed by atoms with van der Waals surface area (Å²) in [6.07, 6.45) is -0.0785.